The fourth-order valence-electron chi connectivity index (χ4n) is 2.98. The van der Waals surface area contributed by atoms with Gasteiger partial charge in [0, 0.05) is 24.5 Å². The zero-order valence-electron chi connectivity index (χ0n) is 12.8. The molecule has 1 fully saturated rings. The van der Waals surface area contributed by atoms with Gasteiger partial charge in [0.25, 0.3) is 0 Å². The van der Waals surface area contributed by atoms with Gasteiger partial charge in [-0.05, 0) is 55.3 Å². The van der Waals surface area contributed by atoms with Crippen LogP contribution < -0.4 is 0 Å². The molecule has 0 radical (unpaired) electrons. The molecule has 0 amide bonds. The van der Waals surface area contributed by atoms with Crippen LogP contribution in [0.1, 0.15) is 30.4 Å². The van der Waals surface area contributed by atoms with Gasteiger partial charge in [-0.25, -0.2) is 0 Å². The second kappa shape index (κ2) is 6.71. The van der Waals surface area contributed by atoms with E-state index in [1.807, 2.05) is 6.07 Å². The van der Waals surface area contributed by atoms with Crippen LogP contribution in [0.25, 0.3) is 11.1 Å². The lowest BCUT2D eigenvalue weighted by atomic mass is 10.0. The van der Waals surface area contributed by atoms with E-state index in [0.717, 1.165) is 36.8 Å². The monoisotopic (exact) mass is 320 g/mol. The van der Waals surface area contributed by atoms with Crippen LogP contribution in [0.5, 0.6) is 0 Å². The zero-order valence-corrected chi connectivity index (χ0v) is 12.8. The Hall–Kier alpha value is -1.88. The lowest BCUT2D eigenvalue weighted by Crippen LogP contribution is -2.29. The maximum atomic E-state index is 12.8. The highest BCUT2D eigenvalue weighted by Gasteiger charge is 2.30. The molecule has 0 bridgehead atoms. The molecule has 1 aliphatic heterocycles. The summed E-state index contributed by atoms with van der Waals surface area (Å²) in [4.78, 5) is 6.58. The average molecular weight is 320 g/mol. The normalized spacial score (nSPS) is 16.5. The standard InChI is InChI=1S/C18H19F3N2/c19-18(20,21)17-6-4-5-15(10-17)16-9-14(11-22-12-16)13-23-7-2-1-3-8-23/h4-6,9-12H,1-3,7-8,13H2. The van der Waals surface area contributed by atoms with E-state index in [9.17, 15) is 13.2 Å². The van der Waals surface area contributed by atoms with E-state index in [2.05, 4.69) is 9.88 Å². The minimum absolute atomic E-state index is 0.549. The minimum Gasteiger partial charge on any atom is -0.299 e. The highest BCUT2D eigenvalue weighted by Crippen LogP contribution is 2.32. The number of hydrogen-bond acceptors (Lipinski definition) is 2. The summed E-state index contributed by atoms with van der Waals surface area (Å²) >= 11 is 0. The number of rotatable bonds is 3. The van der Waals surface area contributed by atoms with Crippen LogP contribution >= 0.6 is 0 Å². The predicted molar refractivity (Wildman–Crippen MR) is 83.8 cm³/mol. The predicted octanol–water partition coefficient (Wildman–Crippen LogP) is 4.75. The zero-order chi connectivity index (χ0) is 16.3. The largest absolute Gasteiger partial charge is 0.416 e. The highest BCUT2D eigenvalue weighted by atomic mass is 19.4. The number of likely N-dealkylation sites (tertiary alicyclic amines) is 1. The Labute approximate surface area is 134 Å². The van der Waals surface area contributed by atoms with Crippen LogP contribution in [-0.2, 0) is 12.7 Å². The molecule has 0 N–H and O–H groups in total. The molecule has 2 heterocycles. The Bertz CT molecular complexity index is 661. The molecule has 0 saturated carbocycles. The van der Waals surface area contributed by atoms with Crippen LogP contribution in [0, 0.1) is 0 Å². The fraction of sp³-hybridized carbons (Fsp3) is 0.389. The van der Waals surface area contributed by atoms with Gasteiger partial charge in [-0.3, -0.25) is 9.88 Å². The number of benzene rings is 1. The van der Waals surface area contributed by atoms with Gasteiger partial charge < -0.3 is 0 Å². The Morgan fingerprint density at radius 2 is 1.74 bits per heavy atom. The SMILES string of the molecule is FC(F)(F)c1cccc(-c2cncc(CN3CCCCC3)c2)c1. The Morgan fingerprint density at radius 3 is 2.48 bits per heavy atom. The van der Waals surface area contributed by atoms with Crippen molar-refractivity contribution in [2.24, 2.45) is 0 Å². The first-order valence-electron chi connectivity index (χ1n) is 7.86. The first kappa shape index (κ1) is 16.0. The van der Waals surface area contributed by atoms with Gasteiger partial charge in [0.15, 0.2) is 0 Å². The number of alkyl halides is 3. The van der Waals surface area contributed by atoms with Crippen LogP contribution in [-0.4, -0.2) is 23.0 Å². The van der Waals surface area contributed by atoms with Gasteiger partial charge in [0.1, 0.15) is 0 Å². The molecule has 0 atom stereocenters. The molecule has 3 rings (SSSR count). The minimum atomic E-state index is -4.32. The van der Waals surface area contributed by atoms with Crippen molar-refractivity contribution in [3.05, 3.63) is 53.9 Å². The average Bonchev–Trinajstić information content (AvgIpc) is 2.55. The Balaban J connectivity index is 1.82. The third kappa shape index (κ3) is 4.10. The third-order valence-corrected chi connectivity index (χ3v) is 4.17. The number of piperidine rings is 1. The summed E-state index contributed by atoms with van der Waals surface area (Å²) in [6.07, 6.45) is 2.79. The molecule has 23 heavy (non-hydrogen) atoms. The molecule has 1 aromatic carbocycles. The lowest BCUT2D eigenvalue weighted by molar-refractivity contribution is -0.137. The quantitative estimate of drug-likeness (QED) is 0.811. The first-order valence-corrected chi connectivity index (χ1v) is 7.86. The van der Waals surface area contributed by atoms with Crippen molar-refractivity contribution >= 4 is 0 Å². The van der Waals surface area contributed by atoms with Gasteiger partial charge in [0.05, 0.1) is 5.56 Å². The summed E-state index contributed by atoms with van der Waals surface area (Å²) in [5, 5.41) is 0. The highest BCUT2D eigenvalue weighted by molar-refractivity contribution is 5.64. The molecule has 1 aromatic heterocycles. The number of aromatic nitrogens is 1. The van der Waals surface area contributed by atoms with Crippen molar-refractivity contribution in [3.8, 4) is 11.1 Å². The van der Waals surface area contributed by atoms with E-state index in [-0.39, 0.29) is 0 Å². The third-order valence-electron chi connectivity index (χ3n) is 4.17. The molecular formula is C18H19F3N2. The maximum Gasteiger partial charge on any atom is 0.416 e. The van der Waals surface area contributed by atoms with E-state index in [1.54, 1.807) is 18.5 Å². The van der Waals surface area contributed by atoms with Gasteiger partial charge in [-0.15, -0.1) is 0 Å². The van der Waals surface area contributed by atoms with Crippen LogP contribution in [0.4, 0.5) is 13.2 Å². The van der Waals surface area contributed by atoms with Gasteiger partial charge in [0.2, 0.25) is 0 Å². The summed E-state index contributed by atoms with van der Waals surface area (Å²) in [5.41, 5.74) is 1.69. The van der Waals surface area contributed by atoms with Crippen LogP contribution in [0.3, 0.4) is 0 Å². The van der Waals surface area contributed by atoms with Gasteiger partial charge in [-0.2, -0.15) is 13.2 Å². The van der Waals surface area contributed by atoms with Crippen molar-refractivity contribution < 1.29 is 13.2 Å². The van der Waals surface area contributed by atoms with E-state index < -0.39 is 11.7 Å². The maximum absolute atomic E-state index is 12.8. The summed E-state index contributed by atoms with van der Waals surface area (Å²) in [5.74, 6) is 0. The van der Waals surface area contributed by atoms with E-state index in [4.69, 9.17) is 0 Å². The number of pyridine rings is 1. The first-order chi connectivity index (χ1) is 11.0. The van der Waals surface area contributed by atoms with Crippen LogP contribution in [0.15, 0.2) is 42.7 Å². The smallest absolute Gasteiger partial charge is 0.299 e. The van der Waals surface area contributed by atoms with Crippen LogP contribution in [0.2, 0.25) is 0 Å². The number of halogens is 3. The summed E-state index contributed by atoms with van der Waals surface area (Å²) in [6.45, 7) is 2.96. The Morgan fingerprint density at radius 1 is 0.957 bits per heavy atom. The topological polar surface area (TPSA) is 16.1 Å². The van der Waals surface area contributed by atoms with E-state index in [0.29, 0.717) is 5.56 Å². The van der Waals surface area contributed by atoms with Gasteiger partial charge in [-0.1, -0.05) is 18.6 Å². The molecule has 1 saturated heterocycles. The van der Waals surface area contributed by atoms with E-state index in [1.165, 1.54) is 31.4 Å². The summed E-state index contributed by atoms with van der Waals surface area (Å²) in [7, 11) is 0. The molecule has 1 aliphatic rings. The molecule has 0 aliphatic carbocycles. The van der Waals surface area contributed by atoms with Crippen molar-refractivity contribution in [1.29, 1.82) is 0 Å². The molecule has 2 aromatic rings. The van der Waals surface area contributed by atoms with Crippen molar-refractivity contribution in [3.63, 3.8) is 0 Å². The second-order valence-corrected chi connectivity index (χ2v) is 6.00. The molecule has 0 spiro atoms. The number of hydrogen-bond donors (Lipinski definition) is 0. The molecule has 0 unspecified atom stereocenters. The molecular weight excluding hydrogens is 301 g/mol. The summed E-state index contributed by atoms with van der Waals surface area (Å²) in [6, 6.07) is 7.35. The van der Waals surface area contributed by atoms with Crippen molar-refractivity contribution in [2.45, 2.75) is 32.0 Å². The Kier molecular flexibility index (Phi) is 4.66. The van der Waals surface area contributed by atoms with Gasteiger partial charge >= 0.3 is 6.18 Å². The molecule has 2 nitrogen and oxygen atoms in total. The number of nitrogens with zero attached hydrogens (tertiary/aromatic N) is 2. The second-order valence-electron chi connectivity index (χ2n) is 6.00. The fourth-order valence-corrected chi connectivity index (χ4v) is 2.98. The summed E-state index contributed by atoms with van der Waals surface area (Å²) < 4.78 is 38.5. The lowest BCUT2D eigenvalue weighted by Gasteiger charge is -2.26. The van der Waals surface area contributed by atoms with Crippen molar-refractivity contribution in [1.82, 2.24) is 9.88 Å². The van der Waals surface area contributed by atoms with Crippen molar-refractivity contribution in [2.75, 3.05) is 13.1 Å². The van der Waals surface area contributed by atoms with E-state index >= 15 is 0 Å². The molecule has 5 heteroatoms. The molecule has 122 valence electrons.